The minimum Gasteiger partial charge on any atom is -0.361 e. The van der Waals surface area contributed by atoms with Crippen molar-refractivity contribution in [3.63, 3.8) is 0 Å². The topological polar surface area (TPSA) is 73.6 Å². The zero-order valence-electron chi connectivity index (χ0n) is 18.2. The largest absolute Gasteiger partial charge is 0.361 e. The smallest absolute Gasteiger partial charge is 0.261 e. The van der Waals surface area contributed by atoms with E-state index in [-0.39, 0.29) is 11.4 Å². The van der Waals surface area contributed by atoms with Crippen LogP contribution in [0.1, 0.15) is 22.5 Å². The molecule has 0 bridgehead atoms. The van der Waals surface area contributed by atoms with Gasteiger partial charge >= 0.3 is 0 Å². The molecule has 0 saturated heterocycles. The number of halogens is 2. The van der Waals surface area contributed by atoms with Crippen molar-refractivity contribution in [3.8, 4) is 11.8 Å². The number of hydrogen-bond acceptors (Lipinski definition) is 2. The highest BCUT2D eigenvalue weighted by Crippen LogP contribution is 2.26. The number of nitriles is 1. The van der Waals surface area contributed by atoms with Crippen LogP contribution in [0, 0.1) is 31.0 Å². The van der Waals surface area contributed by atoms with Gasteiger partial charge in [-0.1, -0.05) is 34.1 Å². The fourth-order valence-electron chi connectivity index (χ4n) is 4.02. The molecule has 0 saturated carbocycles. The summed E-state index contributed by atoms with van der Waals surface area (Å²) >= 11 is 3.27. The predicted molar refractivity (Wildman–Crippen MR) is 132 cm³/mol. The Morgan fingerprint density at radius 2 is 2.03 bits per heavy atom. The molecule has 0 aliphatic rings. The van der Waals surface area contributed by atoms with Crippen molar-refractivity contribution < 1.29 is 9.18 Å². The van der Waals surface area contributed by atoms with E-state index in [1.807, 2.05) is 56.4 Å². The third-order valence-corrected chi connectivity index (χ3v) is 6.13. The predicted octanol–water partition coefficient (Wildman–Crippen LogP) is 5.74. The first-order chi connectivity index (χ1) is 15.9. The van der Waals surface area contributed by atoms with Crippen LogP contribution in [0.5, 0.6) is 0 Å². The summed E-state index contributed by atoms with van der Waals surface area (Å²) in [4.78, 5) is 15.9. The lowest BCUT2D eigenvalue weighted by Crippen LogP contribution is -2.26. The standard InChI is InChI=1S/C26H22BrFN4O/c1-16-11-19(17(2)32(16)25-8-7-21(27)13-23(25)28)12-20(14-29)26(33)30-10-9-18-15-31-24-6-4-3-5-22(18)24/h3-8,11-13,15,31H,9-10H2,1-2H3,(H,30,33)/b20-12-. The maximum absolute atomic E-state index is 14.5. The molecular weight excluding hydrogens is 483 g/mol. The van der Waals surface area contributed by atoms with Gasteiger partial charge in [0, 0.05) is 39.5 Å². The maximum atomic E-state index is 14.5. The quantitative estimate of drug-likeness (QED) is 0.259. The summed E-state index contributed by atoms with van der Waals surface area (Å²) in [7, 11) is 0. The number of para-hydroxylation sites is 1. The SMILES string of the molecule is Cc1cc(/C=C(/C#N)C(=O)NCCc2c[nH]c3ccccc23)c(C)n1-c1ccc(Br)cc1F. The van der Waals surface area contributed by atoms with Gasteiger partial charge in [0.05, 0.1) is 5.69 Å². The van der Waals surface area contributed by atoms with E-state index in [2.05, 4.69) is 26.2 Å². The molecule has 33 heavy (non-hydrogen) atoms. The lowest BCUT2D eigenvalue weighted by molar-refractivity contribution is -0.117. The average Bonchev–Trinajstić information content (AvgIpc) is 3.32. The van der Waals surface area contributed by atoms with Gasteiger partial charge in [-0.25, -0.2) is 4.39 Å². The molecule has 0 radical (unpaired) electrons. The Hall–Kier alpha value is -3.63. The van der Waals surface area contributed by atoms with Crippen molar-refractivity contribution in [2.45, 2.75) is 20.3 Å². The molecule has 0 aliphatic carbocycles. The summed E-state index contributed by atoms with van der Waals surface area (Å²) in [5, 5.41) is 13.5. The van der Waals surface area contributed by atoms with Gasteiger partial charge in [0.2, 0.25) is 0 Å². The number of benzene rings is 2. The number of fused-ring (bicyclic) bond motifs is 1. The summed E-state index contributed by atoms with van der Waals surface area (Å²) in [6.07, 6.45) is 4.14. The molecule has 2 aromatic carbocycles. The number of amides is 1. The number of nitrogens with one attached hydrogen (secondary N) is 2. The van der Waals surface area contributed by atoms with Gasteiger partial charge < -0.3 is 14.9 Å². The minimum atomic E-state index is -0.433. The highest BCUT2D eigenvalue weighted by atomic mass is 79.9. The number of hydrogen-bond donors (Lipinski definition) is 2. The minimum absolute atomic E-state index is 0.00505. The van der Waals surface area contributed by atoms with Gasteiger partial charge in [-0.15, -0.1) is 0 Å². The lowest BCUT2D eigenvalue weighted by atomic mass is 10.1. The first-order valence-corrected chi connectivity index (χ1v) is 11.3. The first-order valence-electron chi connectivity index (χ1n) is 10.5. The van der Waals surface area contributed by atoms with E-state index in [0.29, 0.717) is 28.7 Å². The Morgan fingerprint density at radius 3 is 2.79 bits per heavy atom. The lowest BCUT2D eigenvalue weighted by Gasteiger charge is -2.11. The molecule has 0 fully saturated rings. The molecule has 4 aromatic rings. The van der Waals surface area contributed by atoms with Crippen LogP contribution in [0.3, 0.4) is 0 Å². The van der Waals surface area contributed by atoms with Crippen molar-refractivity contribution in [1.29, 1.82) is 5.26 Å². The maximum Gasteiger partial charge on any atom is 0.261 e. The molecule has 2 N–H and O–H groups in total. The first kappa shape index (κ1) is 22.6. The Labute approximate surface area is 199 Å². The number of nitrogens with zero attached hydrogens (tertiary/aromatic N) is 2. The van der Waals surface area contributed by atoms with E-state index in [1.165, 1.54) is 6.07 Å². The van der Waals surface area contributed by atoms with Gasteiger partial charge in [0.1, 0.15) is 17.5 Å². The van der Waals surface area contributed by atoms with Crippen LogP contribution in [0.25, 0.3) is 22.7 Å². The fourth-order valence-corrected chi connectivity index (χ4v) is 4.35. The number of aryl methyl sites for hydroxylation is 1. The number of carbonyl (C=O) groups excluding carboxylic acids is 1. The van der Waals surface area contributed by atoms with Crippen LogP contribution < -0.4 is 5.32 Å². The number of aromatic amines is 1. The van der Waals surface area contributed by atoms with Crippen LogP contribution in [0.2, 0.25) is 0 Å². The van der Waals surface area contributed by atoms with Crippen molar-refractivity contribution in [2.24, 2.45) is 0 Å². The van der Waals surface area contributed by atoms with Crippen molar-refractivity contribution in [1.82, 2.24) is 14.9 Å². The Kier molecular flexibility index (Phi) is 6.47. The molecular formula is C26H22BrFN4O. The van der Waals surface area contributed by atoms with Gasteiger partial charge in [-0.05, 0) is 67.8 Å². The van der Waals surface area contributed by atoms with E-state index >= 15 is 0 Å². The van der Waals surface area contributed by atoms with Gasteiger partial charge in [0.25, 0.3) is 5.91 Å². The summed E-state index contributed by atoms with van der Waals surface area (Å²) < 4.78 is 17.0. The molecule has 5 nitrogen and oxygen atoms in total. The molecule has 0 spiro atoms. The normalized spacial score (nSPS) is 11.5. The van der Waals surface area contributed by atoms with Gasteiger partial charge in [-0.3, -0.25) is 4.79 Å². The molecule has 166 valence electrons. The molecule has 1 amide bonds. The Morgan fingerprint density at radius 1 is 1.24 bits per heavy atom. The van der Waals surface area contributed by atoms with E-state index in [0.717, 1.165) is 27.9 Å². The van der Waals surface area contributed by atoms with Crippen LogP contribution in [-0.4, -0.2) is 22.0 Å². The molecule has 0 atom stereocenters. The molecule has 0 aliphatic heterocycles. The van der Waals surface area contributed by atoms with Crippen molar-refractivity contribution in [2.75, 3.05) is 6.54 Å². The zero-order chi connectivity index (χ0) is 23.5. The van der Waals surface area contributed by atoms with Crippen LogP contribution in [-0.2, 0) is 11.2 Å². The second kappa shape index (κ2) is 9.47. The second-order valence-corrected chi connectivity index (χ2v) is 8.71. The summed E-state index contributed by atoms with van der Waals surface area (Å²) in [5.41, 5.74) is 4.81. The van der Waals surface area contributed by atoms with E-state index in [4.69, 9.17) is 0 Å². The number of H-pyrrole nitrogens is 1. The Balaban J connectivity index is 1.51. The monoisotopic (exact) mass is 504 g/mol. The van der Waals surface area contributed by atoms with Gasteiger partial charge in [-0.2, -0.15) is 5.26 Å². The fraction of sp³-hybridized carbons (Fsp3) is 0.154. The molecule has 4 rings (SSSR count). The number of carbonyl (C=O) groups is 1. The van der Waals surface area contributed by atoms with Crippen LogP contribution >= 0.6 is 15.9 Å². The molecule has 0 unspecified atom stereocenters. The Bertz CT molecular complexity index is 1420. The van der Waals surface area contributed by atoms with E-state index in [1.54, 1.807) is 22.8 Å². The molecule has 2 aromatic heterocycles. The summed E-state index contributed by atoms with van der Waals surface area (Å²) in [6.45, 7) is 4.10. The molecule has 7 heteroatoms. The van der Waals surface area contributed by atoms with E-state index < -0.39 is 5.91 Å². The highest BCUT2D eigenvalue weighted by Gasteiger charge is 2.16. The van der Waals surface area contributed by atoms with E-state index in [9.17, 15) is 14.4 Å². The molecule has 2 heterocycles. The van der Waals surface area contributed by atoms with Crippen LogP contribution in [0.4, 0.5) is 4.39 Å². The van der Waals surface area contributed by atoms with Crippen molar-refractivity contribution in [3.05, 3.63) is 93.1 Å². The highest BCUT2D eigenvalue weighted by molar-refractivity contribution is 9.10. The summed E-state index contributed by atoms with van der Waals surface area (Å²) in [5.74, 6) is -0.797. The third kappa shape index (κ3) is 4.62. The second-order valence-electron chi connectivity index (χ2n) is 7.79. The van der Waals surface area contributed by atoms with Crippen molar-refractivity contribution >= 4 is 38.8 Å². The van der Waals surface area contributed by atoms with Crippen LogP contribution in [0.15, 0.2) is 64.8 Å². The summed E-state index contributed by atoms with van der Waals surface area (Å²) in [6, 6.07) is 16.7. The zero-order valence-corrected chi connectivity index (χ0v) is 19.8. The number of rotatable bonds is 6. The number of aromatic nitrogens is 2. The van der Waals surface area contributed by atoms with Gasteiger partial charge in [0.15, 0.2) is 0 Å². The average molecular weight is 505 g/mol. The third-order valence-electron chi connectivity index (χ3n) is 5.64.